The van der Waals surface area contributed by atoms with Gasteiger partial charge in [-0.05, 0) is 31.6 Å². The largest absolute Gasteiger partial charge is 0.498 e. The molecule has 1 saturated carbocycles. The molecule has 0 N–H and O–H groups in total. The molecule has 2 aliphatic rings. The molecule has 2 aliphatic carbocycles. The summed E-state index contributed by atoms with van der Waals surface area (Å²) in [6, 6.07) is 0. The molecule has 162 valence electrons. The molecule has 2 rings (SSSR count). The summed E-state index contributed by atoms with van der Waals surface area (Å²) in [7, 11) is -13.5. The first kappa shape index (κ1) is 23.0. The van der Waals surface area contributed by atoms with Crippen LogP contribution in [0.2, 0.25) is 0 Å². The predicted octanol–water partition coefficient (Wildman–Crippen LogP) is 2.72. The van der Waals surface area contributed by atoms with Crippen LogP contribution in [0.5, 0.6) is 0 Å². The van der Waals surface area contributed by atoms with Crippen LogP contribution in [0.1, 0.15) is 26.2 Å². The number of fused-ring (bicyclic) bond motifs is 2. The van der Waals surface area contributed by atoms with Crippen LogP contribution in [0, 0.1) is 17.8 Å². The zero-order valence-electron chi connectivity index (χ0n) is 14.2. The third-order valence-corrected chi connectivity index (χ3v) is 9.34. The Hall–Kier alpha value is -1.31. The number of sulfone groups is 2. The molecule has 0 heterocycles. The van der Waals surface area contributed by atoms with Crippen molar-refractivity contribution in [1.29, 1.82) is 0 Å². The maximum atomic E-state index is 12.7. The molecule has 28 heavy (non-hydrogen) atoms. The van der Waals surface area contributed by atoms with Crippen LogP contribution in [0.4, 0.5) is 26.3 Å². The van der Waals surface area contributed by atoms with Crippen LogP contribution in [0.3, 0.4) is 0 Å². The summed E-state index contributed by atoms with van der Waals surface area (Å²) in [4.78, 5) is 12.1. The van der Waals surface area contributed by atoms with Crippen molar-refractivity contribution in [3.8, 4) is 0 Å². The Morgan fingerprint density at radius 2 is 1.50 bits per heavy atom. The average molecular weight is 458 g/mol. The number of carbonyl (C=O) groups is 1. The molecule has 0 radical (unpaired) electrons. The van der Waals surface area contributed by atoms with E-state index < -0.39 is 59.7 Å². The molecule has 0 aromatic heterocycles. The first-order chi connectivity index (χ1) is 12.5. The Labute approximate surface area is 156 Å². The highest BCUT2D eigenvalue weighted by molar-refractivity contribution is 8.09. The Kier molecular flexibility index (Phi) is 5.89. The van der Waals surface area contributed by atoms with Crippen molar-refractivity contribution < 1.29 is 52.7 Å². The van der Waals surface area contributed by atoms with E-state index in [1.807, 2.05) is 6.08 Å². The molecule has 0 amide bonds. The molecule has 14 heteroatoms. The van der Waals surface area contributed by atoms with Crippen molar-refractivity contribution in [2.24, 2.45) is 17.8 Å². The smallest absolute Gasteiger partial charge is 0.462 e. The van der Waals surface area contributed by atoms with Crippen molar-refractivity contribution in [3.05, 3.63) is 12.2 Å². The first-order valence-corrected chi connectivity index (χ1v) is 11.1. The van der Waals surface area contributed by atoms with Crippen LogP contribution in [-0.2, 0) is 29.2 Å². The van der Waals surface area contributed by atoms with Gasteiger partial charge in [0.2, 0.25) is 0 Å². The summed E-state index contributed by atoms with van der Waals surface area (Å²) in [5.41, 5.74) is -12.5. The number of allylic oxidation sites excluding steroid dienone is 2. The molecule has 0 aromatic rings. The van der Waals surface area contributed by atoms with E-state index in [0.717, 1.165) is 6.92 Å². The fourth-order valence-electron chi connectivity index (χ4n) is 3.37. The van der Waals surface area contributed by atoms with E-state index in [1.165, 1.54) is 0 Å². The topological polar surface area (TPSA) is 94.6 Å². The predicted molar refractivity (Wildman–Crippen MR) is 82.8 cm³/mol. The third-order valence-electron chi connectivity index (χ3n) is 4.76. The van der Waals surface area contributed by atoms with Gasteiger partial charge in [-0.3, -0.25) is 4.79 Å². The van der Waals surface area contributed by atoms with E-state index in [0.29, 0.717) is 12.8 Å². The molecule has 2 bridgehead atoms. The van der Waals surface area contributed by atoms with Gasteiger partial charge in [-0.15, -0.1) is 0 Å². The first-order valence-electron chi connectivity index (χ1n) is 7.97. The summed E-state index contributed by atoms with van der Waals surface area (Å²) in [5.74, 6) is -1.65. The Morgan fingerprint density at radius 1 is 1.00 bits per heavy atom. The fraction of sp³-hybridized carbons (Fsp3) is 0.786. The molecule has 0 spiro atoms. The Morgan fingerprint density at radius 3 is 1.86 bits per heavy atom. The minimum absolute atomic E-state index is 0.113. The lowest BCUT2D eigenvalue weighted by atomic mass is 9.94. The highest BCUT2D eigenvalue weighted by Crippen LogP contribution is 2.44. The second kappa shape index (κ2) is 7.18. The average Bonchev–Trinajstić information content (AvgIpc) is 3.12. The summed E-state index contributed by atoms with van der Waals surface area (Å²) in [5, 5.41) is 0. The van der Waals surface area contributed by atoms with Crippen LogP contribution < -0.4 is 0 Å². The lowest BCUT2D eigenvalue weighted by molar-refractivity contribution is -0.154. The van der Waals surface area contributed by atoms with E-state index in [2.05, 4.69) is 0 Å². The highest BCUT2D eigenvalue weighted by Gasteiger charge is 2.63. The van der Waals surface area contributed by atoms with Crippen LogP contribution >= 0.6 is 0 Å². The minimum atomic E-state index is -6.75. The zero-order chi connectivity index (χ0) is 21.7. The lowest BCUT2D eigenvalue weighted by Crippen LogP contribution is -2.46. The van der Waals surface area contributed by atoms with Gasteiger partial charge >= 0.3 is 17.0 Å². The molecule has 0 aliphatic heterocycles. The van der Waals surface area contributed by atoms with Crippen molar-refractivity contribution in [2.45, 2.75) is 47.9 Å². The number of carbonyl (C=O) groups excluding carboxylic acids is 1. The van der Waals surface area contributed by atoms with Gasteiger partial charge in [0.25, 0.3) is 19.7 Å². The molecule has 1 fully saturated rings. The van der Waals surface area contributed by atoms with E-state index in [-0.39, 0.29) is 11.8 Å². The quantitative estimate of drug-likeness (QED) is 0.345. The fourth-order valence-corrected chi connectivity index (χ4v) is 7.01. The zero-order valence-corrected chi connectivity index (χ0v) is 15.8. The maximum absolute atomic E-state index is 12.7. The standard InChI is InChI=1S/C14H16F6O6S2/c1-7(26-12(21)10-6-8-2-3-9(10)5-8)4-11(27(22,23)13(15,16)17)28(24,25)14(18,19)20/h2-3,7-11H,4-6H2,1H3. The van der Waals surface area contributed by atoms with Gasteiger partial charge in [-0.1, -0.05) is 12.2 Å². The number of rotatable bonds is 6. The van der Waals surface area contributed by atoms with E-state index in [1.54, 1.807) is 6.08 Å². The van der Waals surface area contributed by atoms with Crippen molar-refractivity contribution in [3.63, 3.8) is 0 Å². The van der Waals surface area contributed by atoms with Crippen molar-refractivity contribution in [2.75, 3.05) is 0 Å². The van der Waals surface area contributed by atoms with Crippen molar-refractivity contribution in [1.82, 2.24) is 0 Å². The normalized spacial score (nSPS) is 26.6. The number of hydrogen-bond acceptors (Lipinski definition) is 6. The van der Waals surface area contributed by atoms with Gasteiger partial charge in [0.15, 0.2) is 4.58 Å². The van der Waals surface area contributed by atoms with Crippen molar-refractivity contribution >= 4 is 25.6 Å². The van der Waals surface area contributed by atoms with Gasteiger partial charge in [-0.25, -0.2) is 16.8 Å². The lowest BCUT2D eigenvalue weighted by Gasteiger charge is -2.25. The number of halogens is 6. The monoisotopic (exact) mass is 458 g/mol. The summed E-state index contributed by atoms with van der Waals surface area (Å²) in [6.07, 6.45) is 1.15. The number of hydrogen-bond donors (Lipinski definition) is 0. The van der Waals surface area contributed by atoms with E-state index >= 15 is 0 Å². The maximum Gasteiger partial charge on any atom is 0.498 e. The second-order valence-electron chi connectivity index (χ2n) is 6.78. The van der Waals surface area contributed by atoms with Gasteiger partial charge < -0.3 is 4.74 Å². The van der Waals surface area contributed by atoms with Crippen LogP contribution in [0.25, 0.3) is 0 Å². The molecule has 4 unspecified atom stereocenters. The molecule has 6 nitrogen and oxygen atoms in total. The molecule has 0 aromatic carbocycles. The second-order valence-corrected chi connectivity index (χ2v) is 11.3. The van der Waals surface area contributed by atoms with Crippen LogP contribution in [0.15, 0.2) is 12.2 Å². The van der Waals surface area contributed by atoms with E-state index in [4.69, 9.17) is 4.74 Å². The number of ether oxygens (including phenoxy) is 1. The summed E-state index contributed by atoms with van der Waals surface area (Å²) < 4.78 is 123. The SMILES string of the molecule is CC(CC(S(=O)(=O)C(F)(F)F)S(=O)(=O)C(F)(F)F)OC(=O)C1CC2C=CC1C2. The molecule has 4 atom stereocenters. The molecular weight excluding hydrogens is 442 g/mol. The minimum Gasteiger partial charge on any atom is -0.462 e. The van der Waals surface area contributed by atoms with E-state index in [9.17, 15) is 48.0 Å². The van der Waals surface area contributed by atoms with Gasteiger partial charge in [0.05, 0.1) is 5.92 Å². The van der Waals surface area contributed by atoms with Gasteiger partial charge in [0, 0.05) is 6.42 Å². The Bertz CT molecular complexity index is 814. The number of esters is 1. The highest BCUT2D eigenvalue weighted by atomic mass is 32.3. The summed E-state index contributed by atoms with van der Waals surface area (Å²) in [6.45, 7) is 0.839. The van der Waals surface area contributed by atoms with Gasteiger partial charge in [-0.2, -0.15) is 26.3 Å². The number of alkyl halides is 6. The molecular formula is C14H16F6O6S2. The van der Waals surface area contributed by atoms with Gasteiger partial charge in [0.1, 0.15) is 6.10 Å². The van der Waals surface area contributed by atoms with Crippen LogP contribution in [-0.4, -0.2) is 44.5 Å². The Balaban J connectivity index is 2.23. The molecule has 0 saturated heterocycles. The summed E-state index contributed by atoms with van der Waals surface area (Å²) >= 11 is 0. The third kappa shape index (κ3) is 4.16.